The number of aryl methyl sites for hydroxylation is 1. The normalized spacial score (nSPS) is 10.8. The zero-order chi connectivity index (χ0) is 20.8. The SMILES string of the molecule is COc1ccc(CN(C)CC(=O)Nc2cccc(-c3csc(C)n3)c2)c(OC)c1. The fourth-order valence-electron chi connectivity index (χ4n) is 3.03. The molecule has 6 nitrogen and oxygen atoms in total. The number of hydrogen-bond donors (Lipinski definition) is 1. The van der Waals surface area contributed by atoms with E-state index in [0.29, 0.717) is 6.54 Å². The molecule has 0 aliphatic rings. The molecule has 0 fully saturated rings. The third-order valence-electron chi connectivity index (χ3n) is 4.41. The molecule has 0 spiro atoms. The molecule has 0 saturated carbocycles. The molecule has 0 aliphatic heterocycles. The quantitative estimate of drug-likeness (QED) is 0.602. The van der Waals surface area contributed by atoms with Gasteiger partial charge < -0.3 is 14.8 Å². The van der Waals surface area contributed by atoms with E-state index in [2.05, 4.69) is 10.3 Å². The second kappa shape index (κ2) is 9.54. The van der Waals surface area contributed by atoms with Gasteiger partial charge in [0.25, 0.3) is 0 Å². The van der Waals surface area contributed by atoms with Crippen LogP contribution >= 0.6 is 11.3 Å². The first-order valence-electron chi connectivity index (χ1n) is 9.20. The molecular formula is C22H25N3O3S. The van der Waals surface area contributed by atoms with Crippen LogP contribution < -0.4 is 14.8 Å². The van der Waals surface area contributed by atoms with Gasteiger partial charge in [-0.25, -0.2) is 4.98 Å². The Morgan fingerprint density at radius 1 is 1.17 bits per heavy atom. The Kier molecular flexibility index (Phi) is 6.85. The van der Waals surface area contributed by atoms with E-state index in [0.717, 1.165) is 39.0 Å². The highest BCUT2D eigenvalue weighted by atomic mass is 32.1. The number of likely N-dealkylation sites (N-methyl/N-ethyl adjacent to an activating group) is 1. The molecule has 0 radical (unpaired) electrons. The van der Waals surface area contributed by atoms with Crippen molar-refractivity contribution in [2.45, 2.75) is 13.5 Å². The van der Waals surface area contributed by atoms with Crippen molar-refractivity contribution in [1.82, 2.24) is 9.88 Å². The molecule has 3 aromatic rings. The Hall–Kier alpha value is -2.90. The van der Waals surface area contributed by atoms with Crippen LogP contribution in [0.2, 0.25) is 0 Å². The van der Waals surface area contributed by atoms with Crippen molar-refractivity contribution in [1.29, 1.82) is 0 Å². The van der Waals surface area contributed by atoms with Crippen molar-refractivity contribution in [3.05, 3.63) is 58.4 Å². The van der Waals surface area contributed by atoms with Gasteiger partial charge in [-0.3, -0.25) is 9.69 Å². The van der Waals surface area contributed by atoms with Crippen LogP contribution in [0, 0.1) is 6.92 Å². The Morgan fingerprint density at radius 3 is 2.69 bits per heavy atom. The third-order valence-corrected chi connectivity index (χ3v) is 5.18. The predicted octanol–water partition coefficient (Wildman–Crippen LogP) is 4.21. The maximum Gasteiger partial charge on any atom is 0.238 e. The van der Waals surface area contributed by atoms with Crippen LogP contribution in [0.25, 0.3) is 11.3 Å². The van der Waals surface area contributed by atoms with Gasteiger partial charge in [-0.05, 0) is 32.2 Å². The average molecular weight is 412 g/mol. The first kappa shape index (κ1) is 20.8. The van der Waals surface area contributed by atoms with Crippen LogP contribution in [-0.4, -0.2) is 43.6 Å². The van der Waals surface area contributed by atoms with Crippen molar-refractivity contribution < 1.29 is 14.3 Å². The van der Waals surface area contributed by atoms with Crippen molar-refractivity contribution in [3.63, 3.8) is 0 Å². The van der Waals surface area contributed by atoms with E-state index in [-0.39, 0.29) is 12.5 Å². The minimum atomic E-state index is -0.0772. The van der Waals surface area contributed by atoms with Crippen molar-refractivity contribution in [2.75, 3.05) is 33.1 Å². The number of nitrogens with zero attached hydrogens (tertiary/aromatic N) is 2. The monoisotopic (exact) mass is 411 g/mol. The van der Waals surface area contributed by atoms with Crippen LogP contribution in [-0.2, 0) is 11.3 Å². The Morgan fingerprint density at radius 2 is 2.00 bits per heavy atom. The summed E-state index contributed by atoms with van der Waals surface area (Å²) in [6, 6.07) is 13.4. The first-order valence-corrected chi connectivity index (χ1v) is 10.1. The molecule has 2 aromatic carbocycles. The molecule has 0 aliphatic carbocycles. The highest BCUT2D eigenvalue weighted by Gasteiger charge is 2.12. The molecule has 0 atom stereocenters. The number of benzene rings is 2. The summed E-state index contributed by atoms with van der Waals surface area (Å²) in [6.45, 7) is 2.82. The predicted molar refractivity (Wildman–Crippen MR) is 117 cm³/mol. The van der Waals surface area contributed by atoms with Crippen LogP contribution in [0.3, 0.4) is 0 Å². The zero-order valence-electron chi connectivity index (χ0n) is 17.1. The second-order valence-electron chi connectivity index (χ2n) is 6.73. The van der Waals surface area contributed by atoms with E-state index in [1.165, 1.54) is 0 Å². The second-order valence-corrected chi connectivity index (χ2v) is 7.79. The van der Waals surface area contributed by atoms with Gasteiger partial charge in [0.1, 0.15) is 11.5 Å². The molecule has 152 valence electrons. The number of methoxy groups -OCH3 is 2. The van der Waals surface area contributed by atoms with Gasteiger partial charge in [0.15, 0.2) is 0 Å². The lowest BCUT2D eigenvalue weighted by atomic mass is 10.1. The summed E-state index contributed by atoms with van der Waals surface area (Å²) in [5, 5.41) is 6.00. The fourth-order valence-corrected chi connectivity index (χ4v) is 3.65. The molecule has 7 heteroatoms. The minimum absolute atomic E-state index is 0.0772. The topological polar surface area (TPSA) is 63.7 Å². The number of anilines is 1. The van der Waals surface area contributed by atoms with E-state index in [1.807, 2.05) is 66.7 Å². The summed E-state index contributed by atoms with van der Waals surface area (Å²) >= 11 is 1.61. The first-order chi connectivity index (χ1) is 14.0. The van der Waals surface area contributed by atoms with E-state index >= 15 is 0 Å². The summed E-state index contributed by atoms with van der Waals surface area (Å²) < 4.78 is 10.7. The van der Waals surface area contributed by atoms with Crippen LogP contribution in [0.5, 0.6) is 11.5 Å². The molecule has 0 saturated heterocycles. The van der Waals surface area contributed by atoms with Gasteiger partial charge in [0.05, 0.1) is 31.5 Å². The fraction of sp³-hybridized carbons (Fsp3) is 0.273. The number of rotatable bonds is 8. The zero-order valence-corrected chi connectivity index (χ0v) is 17.9. The molecule has 1 amide bonds. The van der Waals surface area contributed by atoms with Gasteiger partial charge in [-0.15, -0.1) is 11.3 Å². The summed E-state index contributed by atoms with van der Waals surface area (Å²) in [4.78, 5) is 18.9. The summed E-state index contributed by atoms with van der Waals surface area (Å²) in [6.07, 6.45) is 0. The maximum atomic E-state index is 12.5. The molecule has 3 rings (SSSR count). The van der Waals surface area contributed by atoms with Gasteiger partial charge in [0.2, 0.25) is 5.91 Å². The number of thiazole rings is 1. The highest BCUT2D eigenvalue weighted by molar-refractivity contribution is 7.09. The summed E-state index contributed by atoms with van der Waals surface area (Å²) in [5.74, 6) is 1.40. The lowest BCUT2D eigenvalue weighted by Gasteiger charge is -2.18. The van der Waals surface area contributed by atoms with Crippen LogP contribution in [0.4, 0.5) is 5.69 Å². The van der Waals surface area contributed by atoms with Crippen molar-refractivity contribution >= 4 is 22.9 Å². The number of aromatic nitrogens is 1. The van der Waals surface area contributed by atoms with Crippen molar-refractivity contribution in [3.8, 4) is 22.8 Å². The molecule has 1 heterocycles. The van der Waals surface area contributed by atoms with E-state index in [1.54, 1.807) is 25.6 Å². The van der Waals surface area contributed by atoms with Crippen LogP contribution in [0.1, 0.15) is 10.6 Å². The number of nitrogens with one attached hydrogen (secondary N) is 1. The lowest BCUT2D eigenvalue weighted by Crippen LogP contribution is -2.30. The molecule has 0 bridgehead atoms. The third kappa shape index (κ3) is 5.56. The average Bonchev–Trinajstić information content (AvgIpc) is 3.14. The molecule has 0 unspecified atom stereocenters. The van der Waals surface area contributed by atoms with Gasteiger partial charge in [0, 0.05) is 34.8 Å². The van der Waals surface area contributed by atoms with Gasteiger partial charge in [-0.1, -0.05) is 18.2 Å². The summed E-state index contributed by atoms with van der Waals surface area (Å²) in [7, 11) is 5.15. The van der Waals surface area contributed by atoms with E-state index in [4.69, 9.17) is 9.47 Å². The van der Waals surface area contributed by atoms with Crippen LogP contribution in [0.15, 0.2) is 47.8 Å². The Balaban J connectivity index is 1.61. The lowest BCUT2D eigenvalue weighted by molar-refractivity contribution is -0.117. The molecule has 29 heavy (non-hydrogen) atoms. The highest BCUT2D eigenvalue weighted by Crippen LogP contribution is 2.26. The van der Waals surface area contributed by atoms with E-state index < -0.39 is 0 Å². The maximum absolute atomic E-state index is 12.5. The van der Waals surface area contributed by atoms with Gasteiger partial charge in [-0.2, -0.15) is 0 Å². The molecule has 1 N–H and O–H groups in total. The van der Waals surface area contributed by atoms with Gasteiger partial charge >= 0.3 is 0 Å². The standard InChI is InChI=1S/C22H25N3O3S/c1-15-23-20(14-29-15)16-6-5-7-18(10-16)24-22(26)13-25(2)12-17-8-9-19(27-3)11-21(17)28-4/h5-11,14H,12-13H2,1-4H3,(H,24,26). The number of ether oxygens (including phenoxy) is 2. The van der Waals surface area contributed by atoms with Crippen molar-refractivity contribution in [2.24, 2.45) is 0 Å². The number of carbonyl (C=O) groups excluding carboxylic acids is 1. The Labute approximate surface area is 175 Å². The number of carbonyl (C=O) groups is 1. The Bertz CT molecular complexity index is 987. The summed E-state index contributed by atoms with van der Waals surface area (Å²) in [5.41, 5.74) is 3.66. The molecule has 1 aromatic heterocycles. The molecular weight excluding hydrogens is 386 g/mol. The largest absolute Gasteiger partial charge is 0.497 e. The number of hydrogen-bond acceptors (Lipinski definition) is 6. The van der Waals surface area contributed by atoms with E-state index in [9.17, 15) is 4.79 Å². The smallest absolute Gasteiger partial charge is 0.238 e. The number of amides is 1. The minimum Gasteiger partial charge on any atom is -0.497 e.